The molecule has 0 aliphatic rings. The van der Waals surface area contributed by atoms with E-state index in [4.69, 9.17) is 16.9 Å². The number of nitriles is 1. The van der Waals surface area contributed by atoms with E-state index in [0.717, 1.165) is 5.56 Å². The van der Waals surface area contributed by atoms with Crippen LogP contribution in [0.5, 0.6) is 0 Å². The van der Waals surface area contributed by atoms with Crippen molar-refractivity contribution in [1.29, 1.82) is 5.26 Å². The Labute approximate surface area is 114 Å². The molecule has 90 valence electrons. The molecule has 0 bridgehead atoms. The lowest BCUT2D eigenvalue weighted by Crippen LogP contribution is -1.80. The van der Waals surface area contributed by atoms with Gasteiger partial charge in [-0.3, -0.25) is 5.10 Å². The van der Waals surface area contributed by atoms with Crippen LogP contribution in [0.4, 0.5) is 5.82 Å². The van der Waals surface area contributed by atoms with Crippen molar-refractivity contribution in [3.8, 4) is 6.07 Å². The summed E-state index contributed by atoms with van der Waals surface area (Å²) in [5.41, 5.74) is 1.37. The van der Waals surface area contributed by atoms with E-state index < -0.39 is 0 Å². The first-order valence-electron chi connectivity index (χ1n) is 5.06. The summed E-state index contributed by atoms with van der Waals surface area (Å²) in [6, 6.07) is 9.37. The second-order valence-electron chi connectivity index (χ2n) is 3.38. The smallest absolute Gasteiger partial charge is 0.167 e. The van der Waals surface area contributed by atoms with Gasteiger partial charge in [0.05, 0.1) is 0 Å². The number of benzene rings is 1. The number of hydrogen-bond acceptors (Lipinski definition) is 4. The number of nitrogens with one attached hydrogen (secondary N) is 1. The number of thioether (sulfide) groups is 1. The molecular formula is C12H9ClN4S. The van der Waals surface area contributed by atoms with Crippen LogP contribution in [0.3, 0.4) is 0 Å². The first-order chi connectivity index (χ1) is 8.74. The molecule has 0 amide bonds. The monoisotopic (exact) mass is 276 g/mol. The number of aliphatic imine (C=N–C) groups is 1. The Morgan fingerprint density at radius 3 is 2.78 bits per heavy atom. The molecule has 0 unspecified atom stereocenters. The molecule has 0 aliphatic carbocycles. The minimum Gasteiger partial charge on any atom is -0.259 e. The van der Waals surface area contributed by atoms with Crippen LogP contribution >= 0.6 is 23.4 Å². The zero-order chi connectivity index (χ0) is 13.0. The third-order valence-electron chi connectivity index (χ3n) is 2.23. The zero-order valence-corrected chi connectivity index (χ0v) is 11.1. The molecule has 2 rings (SSSR count). The van der Waals surface area contributed by atoms with Crippen molar-refractivity contribution in [2.75, 3.05) is 6.26 Å². The molecule has 18 heavy (non-hydrogen) atoms. The normalized spacial score (nSPS) is 10.7. The number of H-pyrrole nitrogens is 1. The zero-order valence-electron chi connectivity index (χ0n) is 9.51. The first kappa shape index (κ1) is 12.7. The highest BCUT2D eigenvalue weighted by molar-refractivity contribution is 7.98. The van der Waals surface area contributed by atoms with Gasteiger partial charge in [0.1, 0.15) is 16.7 Å². The standard InChI is InChI=1S/C12H9ClN4S/c1-18-12-10(6-14)11(16-17-12)15-7-8-2-4-9(13)5-3-8/h2-5,7H,1H3,(H,16,17). The van der Waals surface area contributed by atoms with Crippen molar-refractivity contribution in [3.05, 3.63) is 40.4 Å². The van der Waals surface area contributed by atoms with Gasteiger partial charge >= 0.3 is 0 Å². The summed E-state index contributed by atoms with van der Waals surface area (Å²) in [4.78, 5) is 4.22. The van der Waals surface area contributed by atoms with Crippen LogP contribution in [0.1, 0.15) is 11.1 Å². The van der Waals surface area contributed by atoms with E-state index in [-0.39, 0.29) is 0 Å². The number of hydrogen-bond donors (Lipinski definition) is 1. The van der Waals surface area contributed by atoms with Crippen molar-refractivity contribution in [1.82, 2.24) is 10.2 Å². The molecule has 0 spiro atoms. The van der Waals surface area contributed by atoms with E-state index >= 15 is 0 Å². The maximum absolute atomic E-state index is 9.04. The van der Waals surface area contributed by atoms with Gasteiger partial charge in [-0.05, 0) is 24.0 Å². The van der Waals surface area contributed by atoms with Crippen LogP contribution in [-0.4, -0.2) is 22.7 Å². The lowest BCUT2D eigenvalue weighted by molar-refractivity contribution is 1.00. The van der Waals surface area contributed by atoms with Crippen LogP contribution < -0.4 is 0 Å². The van der Waals surface area contributed by atoms with E-state index in [1.54, 1.807) is 18.3 Å². The Morgan fingerprint density at radius 2 is 2.17 bits per heavy atom. The fraction of sp³-hybridized carbons (Fsp3) is 0.0833. The highest BCUT2D eigenvalue weighted by Crippen LogP contribution is 2.25. The molecule has 2 aromatic rings. The lowest BCUT2D eigenvalue weighted by Gasteiger charge is -1.93. The van der Waals surface area contributed by atoms with Crippen molar-refractivity contribution < 1.29 is 0 Å². The van der Waals surface area contributed by atoms with Gasteiger partial charge in [-0.15, -0.1) is 11.8 Å². The van der Waals surface area contributed by atoms with Gasteiger partial charge in [-0.1, -0.05) is 23.7 Å². The van der Waals surface area contributed by atoms with Crippen LogP contribution in [0, 0.1) is 11.3 Å². The predicted molar refractivity (Wildman–Crippen MR) is 73.8 cm³/mol. The molecule has 1 aromatic heterocycles. The molecular weight excluding hydrogens is 268 g/mol. The summed E-state index contributed by atoms with van der Waals surface area (Å²) in [6.07, 6.45) is 3.53. The van der Waals surface area contributed by atoms with Crippen LogP contribution in [-0.2, 0) is 0 Å². The summed E-state index contributed by atoms with van der Waals surface area (Å²) in [7, 11) is 0. The van der Waals surface area contributed by atoms with E-state index in [1.165, 1.54) is 11.8 Å². The molecule has 1 N–H and O–H groups in total. The maximum Gasteiger partial charge on any atom is 0.167 e. The summed E-state index contributed by atoms with van der Waals surface area (Å²) in [6.45, 7) is 0. The fourth-order valence-electron chi connectivity index (χ4n) is 1.35. The topological polar surface area (TPSA) is 64.8 Å². The highest BCUT2D eigenvalue weighted by atomic mass is 35.5. The molecule has 0 atom stereocenters. The van der Waals surface area contributed by atoms with Crippen molar-refractivity contribution in [3.63, 3.8) is 0 Å². The van der Waals surface area contributed by atoms with Gasteiger partial charge in [-0.25, -0.2) is 4.99 Å². The third-order valence-corrected chi connectivity index (χ3v) is 3.17. The fourth-order valence-corrected chi connectivity index (χ4v) is 1.96. The molecule has 0 aliphatic heterocycles. The van der Waals surface area contributed by atoms with Crippen molar-refractivity contribution in [2.24, 2.45) is 4.99 Å². The van der Waals surface area contributed by atoms with Gasteiger partial charge in [0.2, 0.25) is 0 Å². The molecule has 6 heteroatoms. The Kier molecular flexibility index (Phi) is 4.03. The Bertz CT molecular complexity index is 610. The summed E-state index contributed by atoms with van der Waals surface area (Å²) in [5, 5.41) is 17.1. The SMILES string of the molecule is CSc1n[nH]c(N=Cc2ccc(Cl)cc2)c1C#N. The number of halogens is 1. The number of nitrogens with zero attached hydrogens (tertiary/aromatic N) is 3. The van der Waals surface area contributed by atoms with E-state index in [1.807, 2.05) is 18.4 Å². The number of aromatic nitrogens is 2. The number of rotatable bonds is 3. The van der Waals surface area contributed by atoms with Gasteiger partial charge < -0.3 is 0 Å². The molecule has 0 fully saturated rings. The first-order valence-corrected chi connectivity index (χ1v) is 6.67. The average Bonchev–Trinajstić information content (AvgIpc) is 2.80. The predicted octanol–water partition coefficient (Wildman–Crippen LogP) is 3.41. The average molecular weight is 277 g/mol. The maximum atomic E-state index is 9.04. The van der Waals surface area contributed by atoms with E-state index in [2.05, 4.69) is 21.3 Å². The quantitative estimate of drug-likeness (QED) is 0.690. The van der Waals surface area contributed by atoms with E-state index in [9.17, 15) is 0 Å². The van der Waals surface area contributed by atoms with E-state index in [0.29, 0.717) is 21.4 Å². The largest absolute Gasteiger partial charge is 0.259 e. The van der Waals surface area contributed by atoms with Crippen molar-refractivity contribution in [2.45, 2.75) is 5.03 Å². The Balaban J connectivity index is 2.26. The molecule has 1 aromatic carbocycles. The molecule has 0 saturated heterocycles. The Hall–Kier alpha value is -1.77. The van der Waals surface area contributed by atoms with Crippen LogP contribution in [0.2, 0.25) is 5.02 Å². The van der Waals surface area contributed by atoms with Crippen molar-refractivity contribution >= 4 is 35.4 Å². The summed E-state index contributed by atoms with van der Waals surface area (Å²) >= 11 is 7.20. The molecule has 0 saturated carbocycles. The molecule has 0 radical (unpaired) electrons. The number of aromatic amines is 1. The van der Waals surface area contributed by atoms with Gasteiger partial charge in [0.15, 0.2) is 5.82 Å². The highest BCUT2D eigenvalue weighted by Gasteiger charge is 2.10. The van der Waals surface area contributed by atoms with Crippen LogP contribution in [0.15, 0.2) is 34.3 Å². The minimum absolute atomic E-state index is 0.465. The third kappa shape index (κ3) is 2.73. The van der Waals surface area contributed by atoms with Gasteiger partial charge in [0.25, 0.3) is 0 Å². The molecule has 1 heterocycles. The van der Waals surface area contributed by atoms with Crippen LogP contribution in [0.25, 0.3) is 0 Å². The Morgan fingerprint density at radius 1 is 1.44 bits per heavy atom. The minimum atomic E-state index is 0.465. The second-order valence-corrected chi connectivity index (χ2v) is 4.61. The summed E-state index contributed by atoms with van der Waals surface area (Å²) in [5.74, 6) is 0.469. The summed E-state index contributed by atoms with van der Waals surface area (Å²) < 4.78 is 0. The second kappa shape index (κ2) is 5.71. The lowest BCUT2D eigenvalue weighted by atomic mass is 10.2. The van der Waals surface area contributed by atoms with Gasteiger partial charge in [-0.2, -0.15) is 10.4 Å². The molecule has 4 nitrogen and oxygen atoms in total. The van der Waals surface area contributed by atoms with Gasteiger partial charge in [0, 0.05) is 11.2 Å².